The second-order valence-electron chi connectivity index (χ2n) is 9.63. The normalized spacial score (nSPS) is 34.4. The summed E-state index contributed by atoms with van der Waals surface area (Å²) < 4.78 is 11.1. The van der Waals surface area contributed by atoms with Gasteiger partial charge in [0.25, 0.3) is 0 Å². The summed E-state index contributed by atoms with van der Waals surface area (Å²) in [6, 6.07) is 6.63. The third-order valence-electron chi connectivity index (χ3n) is 8.28. The van der Waals surface area contributed by atoms with Crippen molar-refractivity contribution in [3.63, 3.8) is 0 Å². The smallest absolute Gasteiger partial charge is 0.321 e. The summed E-state index contributed by atoms with van der Waals surface area (Å²) in [7, 11) is 3.81. The van der Waals surface area contributed by atoms with Crippen molar-refractivity contribution >= 4 is 11.8 Å². The van der Waals surface area contributed by atoms with E-state index in [0.29, 0.717) is 25.5 Å². The van der Waals surface area contributed by atoms with Crippen molar-refractivity contribution in [1.29, 1.82) is 0 Å². The molecule has 0 N–H and O–H groups in total. The predicted molar refractivity (Wildman–Crippen MR) is 116 cm³/mol. The first-order chi connectivity index (χ1) is 14.3. The molecule has 2 heterocycles. The molecule has 4 unspecified atom stereocenters. The van der Waals surface area contributed by atoms with Crippen LogP contribution >= 0.6 is 0 Å². The van der Waals surface area contributed by atoms with Crippen LogP contribution in [0, 0.1) is 11.3 Å². The number of unbranched alkanes of at least 4 members (excludes halogenated alkanes) is 1. The van der Waals surface area contributed by atoms with E-state index in [-0.39, 0.29) is 29.1 Å². The lowest BCUT2D eigenvalue weighted by Crippen LogP contribution is -2.74. The summed E-state index contributed by atoms with van der Waals surface area (Å²) in [5.41, 5.74) is 1.60. The third-order valence-corrected chi connectivity index (χ3v) is 8.28. The first kappa shape index (κ1) is 21.4. The number of ketones is 1. The summed E-state index contributed by atoms with van der Waals surface area (Å²) in [5.74, 6) is 0.887. The number of rotatable bonds is 7. The van der Waals surface area contributed by atoms with Crippen molar-refractivity contribution in [2.45, 2.75) is 76.8 Å². The Morgan fingerprint density at radius 1 is 1.23 bits per heavy atom. The maximum atomic E-state index is 13.6. The Hall–Kier alpha value is -1.88. The van der Waals surface area contributed by atoms with E-state index in [0.717, 1.165) is 31.4 Å². The third kappa shape index (κ3) is 2.84. The molecular formula is C25H35NO4. The van der Waals surface area contributed by atoms with Crippen LogP contribution in [0.15, 0.2) is 18.2 Å². The minimum atomic E-state index is -1.03. The highest BCUT2D eigenvalue weighted by Gasteiger charge is 2.69. The molecule has 2 aliphatic carbocycles. The molecule has 30 heavy (non-hydrogen) atoms. The highest BCUT2D eigenvalue weighted by Crippen LogP contribution is 2.62. The quantitative estimate of drug-likeness (QED) is 0.501. The van der Waals surface area contributed by atoms with Crippen LogP contribution in [0.1, 0.15) is 64.0 Å². The molecule has 0 aromatic heterocycles. The number of piperidine rings is 2. The van der Waals surface area contributed by atoms with Crippen LogP contribution in [0.4, 0.5) is 0 Å². The van der Waals surface area contributed by atoms with Gasteiger partial charge >= 0.3 is 5.97 Å². The van der Waals surface area contributed by atoms with Crippen molar-refractivity contribution in [2.24, 2.45) is 11.3 Å². The number of carbonyl (C=O) groups is 2. The molecule has 1 saturated carbocycles. The summed E-state index contributed by atoms with van der Waals surface area (Å²) in [5, 5.41) is 0. The number of likely N-dealkylation sites (N-methyl/N-ethyl adjacent to an activating group) is 1. The Balaban J connectivity index is 1.79. The molecule has 1 aromatic carbocycles. The van der Waals surface area contributed by atoms with Crippen molar-refractivity contribution < 1.29 is 19.1 Å². The van der Waals surface area contributed by atoms with E-state index in [9.17, 15) is 9.59 Å². The van der Waals surface area contributed by atoms with E-state index in [1.165, 1.54) is 11.1 Å². The van der Waals surface area contributed by atoms with Crippen LogP contribution in [0.25, 0.3) is 0 Å². The molecule has 2 aliphatic heterocycles. The summed E-state index contributed by atoms with van der Waals surface area (Å²) in [6.07, 6.45) is 4.57. The molecule has 2 saturated heterocycles. The van der Waals surface area contributed by atoms with Crippen LogP contribution in [0.3, 0.4) is 0 Å². The predicted octanol–water partition coefficient (Wildman–Crippen LogP) is 3.91. The fourth-order valence-electron chi connectivity index (χ4n) is 6.67. The van der Waals surface area contributed by atoms with Gasteiger partial charge in [-0.3, -0.25) is 14.5 Å². The van der Waals surface area contributed by atoms with Gasteiger partial charge in [-0.2, -0.15) is 0 Å². The molecule has 5 atom stereocenters. The zero-order valence-electron chi connectivity index (χ0n) is 19.0. The first-order valence-electron chi connectivity index (χ1n) is 11.4. The monoisotopic (exact) mass is 413 g/mol. The van der Waals surface area contributed by atoms with Gasteiger partial charge in [0.05, 0.1) is 13.7 Å². The first-order valence-corrected chi connectivity index (χ1v) is 11.4. The topological polar surface area (TPSA) is 55.8 Å². The van der Waals surface area contributed by atoms with Gasteiger partial charge in [-0.05, 0) is 74.2 Å². The van der Waals surface area contributed by atoms with Crippen LogP contribution < -0.4 is 4.74 Å². The van der Waals surface area contributed by atoms with Crippen LogP contribution in [-0.4, -0.2) is 49.5 Å². The summed E-state index contributed by atoms with van der Waals surface area (Å²) in [6.45, 7) is 6.54. The van der Waals surface area contributed by atoms with E-state index in [4.69, 9.17) is 9.47 Å². The average molecular weight is 414 g/mol. The molecule has 4 aliphatic rings. The minimum absolute atomic E-state index is 0.0645. The van der Waals surface area contributed by atoms with Gasteiger partial charge in [0.15, 0.2) is 5.78 Å². The Kier molecular flexibility index (Phi) is 5.46. The van der Waals surface area contributed by atoms with Crippen molar-refractivity contribution in [3.05, 3.63) is 29.3 Å². The molecule has 5 heteroatoms. The molecule has 0 amide bonds. The highest BCUT2D eigenvalue weighted by molar-refractivity contribution is 6.05. The SMILES string of the molecule is CCCCC(=O)C1(C(=O)OCC)CC2C3Cc4ccc(OC)cc4[C@@]2(C)CC1N3C. The van der Waals surface area contributed by atoms with Gasteiger partial charge in [0.1, 0.15) is 11.2 Å². The second kappa shape index (κ2) is 7.67. The fourth-order valence-corrected chi connectivity index (χ4v) is 6.67. The molecule has 0 radical (unpaired) electrons. The Bertz CT molecular complexity index is 852. The molecule has 164 valence electrons. The zero-order valence-corrected chi connectivity index (χ0v) is 19.0. The number of hydrogen-bond acceptors (Lipinski definition) is 5. The Morgan fingerprint density at radius 2 is 2.00 bits per heavy atom. The van der Waals surface area contributed by atoms with E-state index in [1.807, 2.05) is 13.0 Å². The van der Waals surface area contributed by atoms with E-state index < -0.39 is 5.41 Å². The van der Waals surface area contributed by atoms with Gasteiger partial charge < -0.3 is 9.47 Å². The summed E-state index contributed by atoms with van der Waals surface area (Å²) in [4.78, 5) is 29.2. The maximum Gasteiger partial charge on any atom is 0.321 e. The van der Waals surface area contributed by atoms with Crippen LogP contribution in [0.5, 0.6) is 5.75 Å². The lowest BCUT2D eigenvalue weighted by atomic mass is 9.45. The standard InChI is InChI=1S/C25H35NO4/c1-6-8-9-22(27)25(23(28)30-7-2)14-19-20-12-16-10-11-17(29-5)13-18(16)24(19,3)15-21(25)26(20)4/h10-11,13,19-21H,6-9,12,14-15H2,1-5H3/t19?,20?,21?,24-,25?/m1/s1. The number of Topliss-reactive ketones (excluding diaryl/α,β-unsaturated/α-hetero) is 1. The Labute approximate surface area is 180 Å². The zero-order chi connectivity index (χ0) is 21.7. The number of carbonyl (C=O) groups excluding carboxylic acids is 2. The highest BCUT2D eigenvalue weighted by atomic mass is 16.5. The van der Waals surface area contributed by atoms with Crippen molar-refractivity contribution in [1.82, 2.24) is 4.90 Å². The van der Waals surface area contributed by atoms with Crippen LogP contribution in [0.2, 0.25) is 0 Å². The van der Waals surface area contributed by atoms with E-state index >= 15 is 0 Å². The lowest BCUT2D eigenvalue weighted by Gasteiger charge is -2.66. The van der Waals surface area contributed by atoms with Gasteiger partial charge in [-0.15, -0.1) is 0 Å². The maximum absolute atomic E-state index is 13.6. The fraction of sp³-hybridized carbons (Fsp3) is 0.680. The lowest BCUT2D eigenvalue weighted by molar-refractivity contribution is -0.189. The van der Waals surface area contributed by atoms with Crippen molar-refractivity contribution in [3.8, 4) is 5.75 Å². The number of hydrogen-bond donors (Lipinski definition) is 0. The minimum Gasteiger partial charge on any atom is -0.497 e. The Morgan fingerprint density at radius 3 is 2.67 bits per heavy atom. The van der Waals surface area contributed by atoms with Gasteiger partial charge in [0, 0.05) is 18.5 Å². The molecule has 0 spiro atoms. The average Bonchev–Trinajstić information content (AvgIpc) is 2.74. The van der Waals surface area contributed by atoms with Gasteiger partial charge in [-0.1, -0.05) is 26.3 Å². The number of methoxy groups -OCH3 is 1. The largest absolute Gasteiger partial charge is 0.497 e. The number of benzene rings is 1. The molecule has 4 bridgehead atoms. The second-order valence-corrected chi connectivity index (χ2v) is 9.63. The van der Waals surface area contributed by atoms with E-state index in [2.05, 4.69) is 37.9 Å². The van der Waals surface area contributed by atoms with Gasteiger partial charge in [-0.25, -0.2) is 0 Å². The van der Waals surface area contributed by atoms with E-state index in [1.54, 1.807) is 7.11 Å². The summed E-state index contributed by atoms with van der Waals surface area (Å²) >= 11 is 0. The molecule has 5 nitrogen and oxygen atoms in total. The number of ether oxygens (including phenoxy) is 2. The van der Waals surface area contributed by atoms with Gasteiger partial charge in [0.2, 0.25) is 0 Å². The number of fused-ring (bicyclic) bond motifs is 2. The van der Waals surface area contributed by atoms with Crippen molar-refractivity contribution in [2.75, 3.05) is 20.8 Å². The molecule has 5 rings (SSSR count). The van der Waals surface area contributed by atoms with Crippen LogP contribution in [-0.2, 0) is 26.2 Å². The molecule has 3 fully saturated rings. The molecule has 1 aromatic rings. The number of esters is 1. The number of nitrogens with zero attached hydrogens (tertiary/aromatic N) is 1. The molecular weight excluding hydrogens is 378 g/mol.